The van der Waals surface area contributed by atoms with Crippen LogP contribution < -0.4 is 123 Å². The van der Waals surface area contributed by atoms with Gasteiger partial charge in [-0.1, -0.05) is 53.7 Å². The maximum atomic E-state index is 14.6. The third-order valence-electron chi connectivity index (χ3n) is 21.4. The van der Waals surface area contributed by atoms with Crippen molar-refractivity contribution in [2.75, 3.05) is 70.6 Å². The molecule has 0 aliphatic heterocycles. The number of nitrogens with zero attached hydrogens (tertiary/aromatic N) is 3. The van der Waals surface area contributed by atoms with Crippen molar-refractivity contribution in [2.45, 2.75) is 247 Å². The van der Waals surface area contributed by atoms with Gasteiger partial charge in [-0.05, 0) is 188 Å². The van der Waals surface area contributed by atoms with Crippen molar-refractivity contribution in [3.05, 3.63) is 78.4 Å². The van der Waals surface area contributed by atoms with Crippen LogP contribution in [0.3, 0.4) is 0 Å². The molecule has 144 heavy (non-hydrogen) atoms. The molecule has 15 atom stereocenters. The molecule has 3 aromatic rings. The van der Waals surface area contributed by atoms with E-state index in [0.29, 0.717) is 17.7 Å². The van der Waals surface area contributed by atoms with E-state index in [1.54, 1.807) is 39.8 Å². The third kappa shape index (κ3) is 47.2. The Kier molecular flexibility index (Phi) is 55.0. The number of thiol groups is 1. The summed E-state index contributed by atoms with van der Waals surface area (Å²) in [5, 5.41) is 125. The minimum atomic E-state index is -4.56. The molecule has 0 radical (unpaired) electrons. The number of carboxylic acid groups (broad SMARTS) is 3. The molecule has 0 heterocycles. The SMILES string of the molecule is CC(C)C[C@H](NC(=O)[C@H](C)NC(=O)[C@H](CCCNC(=N)N)NC(=O)[C@H](Cc1ccc(O)cc1)NS(=O)(=O)c1ccc(N=Nc2ccc(N(C)C)cc2)cc1)C(=O)N[C@H](C(=O)N[C@@H](CC(=O)O)C(=O)N[C@H](C(=O)N[C@@H](CC(C)C)C(=O)N[C@@H](CCCCN)C(=O)N[C@@H](CCCCNC(=O)[C@H](CO)NC(=O)[C@H](CC(=O)O)NC(=O)CNC(=O)[C@@H](N)CCCNC(=N)N)C(=O)NCC(=O)N[C@@H](CS)C(=O)O)C(C)O)C(C)C. The van der Waals surface area contributed by atoms with Crippen molar-refractivity contribution in [1.82, 2.24) is 95.1 Å². The Morgan fingerprint density at radius 1 is 0.431 bits per heavy atom. The molecule has 0 saturated heterocycles. The molecule has 0 fully saturated rings. The number of guanidine groups is 2. The predicted molar refractivity (Wildman–Crippen MR) is 527 cm³/mol. The smallest absolute Gasteiger partial charge is 0.327 e. The third-order valence-corrected chi connectivity index (χ3v) is 23.3. The molecule has 34 N–H and O–H groups in total. The van der Waals surface area contributed by atoms with Gasteiger partial charge in [-0.3, -0.25) is 92.3 Å². The Labute approximate surface area is 838 Å². The van der Waals surface area contributed by atoms with Crippen LogP contribution in [-0.2, 0) is 103 Å². The van der Waals surface area contributed by atoms with Crippen molar-refractivity contribution in [3.8, 4) is 5.75 Å². The van der Waals surface area contributed by atoms with Crippen LogP contribution in [-0.4, -0.2) is 314 Å². The van der Waals surface area contributed by atoms with Gasteiger partial charge in [-0.15, -0.1) is 0 Å². The van der Waals surface area contributed by atoms with Crippen LogP contribution in [0.25, 0.3) is 0 Å². The topological polar surface area (TPSA) is 859 Å². The second-order valence-electron chi connectivity index (χ2n) is 35.2. The fraction of sp³-hybridized carbons (Fsp3) is 0.573. The van der Waals surface area contributed by atoms with Gasteiger partial charge in [0, 0.05) is 45.2 Å². The minimum absolute atomic E-state index is 0.00427. The van der Waals surface area contributed by atoms with Gasteiger partial charge in [0.25, 0.3) is 0 Å². The first kappa shape index (κ1) is 124. The van der Waals surface area contributed by atoms with Crippen LogP contribution in [0.15, 0.2) is 87.9 Å². The molecule has 15 amide bonds. The Bertz CT molecular complexity index is 4980. The second-order valence-corrected chi connectivity index (χ2v) is 37.3. The first-order chi connectivity index (χ1) is 67.7. The van der Waals surface area contributed by atoms with Crippen LogP contribution in [0.1, 0.15) is 151 Å². The van der Waals surface area contributed by atoms with Gasteiger partial charge in [-0.2, -0.15) is 27.6 Å². The van der Waals surface area contributed by atoms with Gasteiger partial charge >= 0.3 is 17.9 Å². The molecule has 3 aromatic carbocycles. The van der Waals surface area contributed by atoms with Crippen molar-refractivity contribution in [1.29, 1.82) is 10.8 Å². The van der Waals surface area contributed by atoms with E-state index in [2.05, 4.69) is 118 Å². The van der Waals surface area contributed by atoms with Crippen LogP contribution in [0.4, 0.5) is 17.1 Å². The molecular weight excluding hydrogens is 1930 g/mol. The molecule has 0 spiro atoms. The van der Waals surface area contributed by atoms with Crippen molar-refractivity contribution >= 4 is 158 Å². The van der Waals surface area contributed by atoms with Crippen molar-refractivity contribution < 1.29 is 125 Å². The first-order valence-corrected chi connectivity index (χ1v) is 48.5. The van der Waals surface area contributed by atoms with Crippen molar-refractivity contribution in [2.24, 2.45) is 50.9 Å². The number of phenols is 1. The fourth-order valence-corrected chi connectivity index (χ4v) is 15.1. The summed E-state index contributed by atoms with van der Waals surface area (Å²) in [5.74, 6) is -23.8. The highest BCUT2D eigenvalue weighted by molar-refractivity contribution is 7.89. The Morgan fingerprint density at radius 2 is 0.826 bits per heavy atom. The number of phenolic OH excluding ortho intramolecular Hbond substituents is 1. The van der Waals surface area contributed by atoms with E-state index >= 15 is 0 Å². The molecule has 1 unspecified atom stereocenters. The monoisotopic (exact) mass is 2070 g/mol. The summed E-state index contributed by atoms with van der Waals surface area (Å²) < 4.78 is 30.7. The number of sulfonamides is 1. The van der Waals surface area contributed by atoms with Crippen molar-refractivity contribution in [3.63, 3.8) is 0 Å². The summed E-state index contributed by atoms with van der Waals surface area (Å²) in [7, 11) is -0.814. The number of aliphatic hydroxyl groups excluding tert-OH is 2. The predicted octanol–water partition coefficient (Wildman–Crippen LogP) is -5.81. The molecule has 0 bridgehead atoms. The van der Waals surface area contributed by atoms with Crippen LogP contribution in [0.2, 0.25) is 0 Å². The van der Waals surface area contributed by atoms with E-state index in [1.165, 1.54) is 69.3 Å². The van der Waals surface area contributed by atoms with Gasteiger partial charge in [0.2, 0.25) is 98.6 Å². The standard InChI is InChI=1S/C89H141N27O26S2/c1-46(2)37-61(80(132)105-59(18-11-13-33-90)79(131)104-58(76(128)100-43-69(121)103-67(45-143)87(139)140)19-12-14-34-96-77(129)66(44-117)110-81(133)63(40-70(122)123)102-68(120)42-99-75(127)57(91)17-15-35-97-88(92)93)108-86(138)73(50(8)118)112-83(135)64(41-71(124)125)109-85(137)72(48(5)6)111-82(134)62(38-47(3)4)107-74(126)49(7)101-78(130)60(20-16-36-98-89(94)95)106-84(136)65(39-51-21-29-55(119)30-22-51)115-144(141,142)56-31-25-53(26-32-56)114-113-52-23-27-54(28-24-52)116(9)10/h21-32,46-50,57-67,72-73,115,117-119,143H,11-20,33-45,90-91H2,1-10H3,(H,96,129)(H,99,127)(H,100,128)(H,101,130)(H,102,120)(H,103,121)(H,104,131)(H,105,132)(H,106,136)(H,107,126)(H,108,138)(H,109,137)(H,110,133)(H,111,134)(H,112,135)(H,122,123)(H,124,125)(H,139,140)(H4,92,93,97)(H4,94,95,98)/t49-,50?,57-,58-,59-,60-,61-,62-,63-,64-,65-,66-,67-,72-,73-/m0/s1. The number of carbonyl (C=O) groups is 18. The number of anilines is 1. The number of aliphatic hydroxyl groups is 2. The van der Waals surface area contributed by atoms with Gasteiger partial charge in [0.15, 0.2) is 11.9 Å². The van der Waals surface area contributed by atoms with Gasteiger partial charge in [0.1, 0.15) is 84.3 Å². The minimum Gasteiger partial charge on any atom is -0.508 e. The maximum Gasteiger partial charge on any atom is 0.327 e. The Hall–Kier alpha value is -14.0. The fourth-order valence-electron chi connectivity index (χ4n) is 13.6. The number of nitrogens with one attached hydrogen (secondary N) is 20. The number of unbranched alkanes of at least 4 members (excludes halogenated alkanes) is 2. The molecule has 0 aromatic heterocycles. The Balaban J connectivity index is 1.87. The second kappa shape index (κ2) is 63.8. The van der Waals surface area contributed by atoms with E-state index in [1.807, 2.05) is 31.1 Å². The first-order valence-electron chi connectivity index (χ1n) is 46.4. The molecule has 0 aliphatic carbocycles. The lowest BCUT2D eigenvalue weighted by Crippen LogP contribution is -2.62. The summed E-state index contributed by atoms with van der Waals surface area (Å²) in [6, 6.07) is -5.15. The van der Waals surface area contributed by atoms with Crippen LogP contribution in [0.5, 0.6) is 5.75 Å². The molecular formula is C89H141N27O26S2. The molecule has 55 heteroatoms. The quantitative estimate of drug-likeness (QED) is 0.00823. The number of benzene rings is 3. The highest BCUT2D eigenvalue weighted by Gasteiger charge is 2.40. The normalized spacial score (nSPS) is 14.4. The summed E-state index contributed by atoms with van der Waals surface area (Å²) in [6.07, 6.45) is -4.76. The lowest BCUT2D eigenvalue weighted by molar-refractivity contribution is -0.142. The largest absolute Gasteiger partial charge is 0.508 e. The van der Waals surface area contributed by atoms with E-state index in [4.69, 9.17) is 33.8 Å². The summed E-state index contributed by atoms with van der Waals surface area (Å²) in [5.41, 5.74) is 24.5. The number of rotatable bonds is 67. The maximum absolute atomic E-state index is 14.6. The average molecular weight is 2070 g/mol. The summed E-state index contributed by atoms with van der Waals surface area (Å²) in [4.78, 5) is 247. The van der Waals surface area contributed by atoms with Gasteiger partial charge < -0.3 is 149 Å². The number of aliphatic carboxylic acids is 3. The lowest BCUT2D eigenvalue weighted by Gasteiger charge is -2.30. The zero-order chi connectivity index (χ0) is 108. The number of azo groups is 1. The number of aromatic hydroxyl groups is 1. The number of amides is 15. The van der Waals surface area contributed by atoms with E-state index in [0.717, 1.165) is 12.6 Å². The number of hydrogen-bond acceptors (Lipinski definition) is 31. The van der Waals surface area contributed by atoms with Gasteiger partial charge in [-0.25, -0.2) is 13.2 Å². The number of hydrogen-bond donors (Lipinski definition) is 31. The number of carboxylic acids is 3. The molecule has 0 aliphatic rings. The van der Waals surface area contributed by atoms with Crippen LogP contribution >= 0.6 is 12.6 Å². The van der Waals surface area contributed by atoms with E-state index in [9.17, 15) is 125 Å². The number of nitrogens with two attached hydrogens (primary N) is 4. The summed E-state index contributed by atoms with van der Waals surface area (Å²) in [6.45, 7) is 9.14. The Morgan fingerprint density at radius 3 is 1.31 bits per heavy atom. The molecule has 800 valence electrons. The lowest BCUT2D eigenvalue weighted by atomic mass is 9.99. The summed E-state index contributed by atoms with van der Waals surface area (Å²) >= 11 is 3.92. The highest BCUT2D eigenvalue weighted by Crippen LogP contribution is 2.25. The number of carbonyl (C=O) groups excluding carboxylic acids is 15. The molecule has 3 rings (SSSR count). The average Bonchev–Trinajstić information content (AvgIpc) is 0.842. The van der Waals surface area contributed by atoms with Gasteiger partial charge in [0.05, 0.1) is 61.0 Å². The van der Waals surface area contributed by atoms with E-state index in [-0.39, 0.29) is 137 Å². The molecule has 0 saturated carbocycles. The zero-order valence-corrected chi connectivity index (χ0v) is 83.6. The van der Waals surface area contributed by atoms with E-state index < -0.39 is 258 Å². The highest BCUT2D eigenvalue weighted by atomic mass is 32.2. The molecule has 53 nitrogen and oxygen atoms in total. The van der Waals surface area contributed by atoms with Crippen LogP contribution in [0, 0.1) is 28.6 Å². The zero-order valence-electron chi connectivity index (χ0n) is 81.9.